The summed E-state index contributed by atoms with van der Waals surface area (Å²) in [6.45, 7) is 3.84. The summed E-state index contributed by atoms with van der Waals surface area (Å²) in [5, 5.41) is 9.03. The second kappa shape index (κ2) is 4.12. The number of nitrogens with zero attached hydrogens (tertiary/aromatic N) is 1. The molecule has 16 heavy (non-hydrogen) atoms. The monoisotopic (exact) mass is 221 g/mol. The van der Waals surface area contributed by atoms with Crippen LogP contribution in [-0.4, -0.2) is 22.2 Å². The van der Waals surface area contributed by atoms with Gasteiger partial charge < -0.3 is 9.84 Å². The SMILES string of the molecule is CC(C)Oc1ccc(C(=O)O)c(C2CC2)n1. The summed E-state index contributed by atoms with van der Waals surface area (Å²) in [6, 6.07) is 3.20. The van der Waals surface area contributed by atoms with E-state index in [9.17, 15) is 4.79 Å². The van der Waals surface area contributed by atoms with Gasteiger partial charge >= 0.3 is 5.97 Å². The van der Waals surface area contributed by atoms with Crippen molar-refractivity contribution in [3.8, 4) is 5.88 Å². The third kappa shape index (κ3) is 2.32. The molecule has 0 radical (unpaired) electrons. The first-order valence-electron chi connectivity index (χ1n) is 5.49. The molecule has 0 bridgehead atoms. The Morgan fingerprint density at radius 3 is 2.69 bits per heavy atom. The number of carbonyl (C=O) groups is 1. The maximum atomic E-state index is 11.0. The number of hydrogen-bond acceptors (Lipinski definition) is 3. The first-order chi connectivity index (χ1) is 7.58. The standard InChI is InChI=1S/C12H15NO3/c1-7(2)16-10-6-5-9(12(14)15)11(13-10)8-3-4-8/h5-8H,3-4H2,1-2H3,(H,14,15). The Hall–Kier alpha value is -1.58. The highest BCUT2D eigenvalue weighted by Gasteiger charge is 2.30. The lowest BCUT2D eigenvalue weighted by Gasteiger charge is -2.11. The van der Waals surface area contributed by atoms with Gasteiger partial charge in [0.25, 0.3) is 0 Å². The van der Waals surface area contributed by atoms with Crippen molar-refractivity contribution < 1.29 is 14.6 Å². The number of carboxylic acids is 1. The molecule has 0 aromatic carbocycles. The Balaban J connectivity index is 2.32. The number of rotatable bonds is 4. The van der Waals surface area contributed by atoms with E-state index in [4.69, 9.17) is 9.84 Å². The van der Waals surface area contributed by atoms with Gasteiger partial charge in [0, 0.05) is 12.0 Å². The van der Waals surface area contributed by atoms with Crippen LogP contribution in [0.3, 0.4) is 0 Å². The lowest BCUT2D eigenvalue weighted by Crippen LogP contribution is -2.10. The smallest absolute Gasteiger partial charge is 0.337 e. The maximum absolute atomic E-state index is 11.0. The van der Waals surface area contributed by atoms with Gasteiger partial charge in [-0.1, -0.05) is 0 Å². The van der Waals surface area contributed by atoms with Gasteiger partial charge in [0.1, 0.15) is 0 Å². The highest BCUT2D eigenvalue weighted by atomic mass is 16.5. The lowest BCUT2D eigenvalue weighted by molar-refractivity contribution is 0.0695. The van der Waals surface area contributed by atoms with E-state index < -0.39 is 5.97 Å². The Morgan fingerprint density at radius 1 is 1.50 bits per heavy atom. The fourth-order valence-corrected chi connectivity index (χ4v) is 1.61. The van der Waals surface area contributed by atoms with Gasteiger partial charge in [0.05, 0.1) is 17.4 Å². The van der Waals surface area contributed by atoms with Crippen LogP contribution in [-0.2, 0) is 0 Å². The molecule has 0 unspecified atom stereocenters. The molecule has 1 aliphatic rings. The summed E-state index contributed by atoms with van der Waals surface area (Å²) >= 11 is 0. The molecule has 1 saturated carbocycles. The van der Waals surface area contributed by atoms with Gasteiger partial charge in [-0.05, 0) is 32.8 Å². The zero-order valence-corrected chi connectivity index (χ0v) is 9.43. The molecule has 1 aliphatic carbocycles. The predicted molar refractivity (Wildman–Crippen MR) is 58.9 cm³/mol. The number of aromatic carboxylic acids is 1. The van der Waals surface area contributed by atoms with Crippen LogP contribution < -0.4 is 4.74 Å². The van der Waals surface area contributed by atoms with E-state index in [-0.39, 0.29) is 6.10 Å². The zero-order valence-electron chi connectivity index (χ0n) is 9.43. The van der Waals surface area contributed by atoms with Gasteiger partial charge in [-0.25, -0.2) is 9.78 Å². The summed E-state index contributed by atoms with van der Waals surface area (Å²) in [5.41, 5.74) is 0.976. The number of hydrogen-bond donors (Lipinski definition) is 1. The van der Waals surface area contributed by atoms with E-state index in [1.807, 2.05) is 13.8 Å². The topological polar surface area (TPSA) is 59.4 Å². The fourth-order valence-electron chi connectivity index (χ4n) is 1.61. The van der Waals surface area contributed by atoms with E-state index >= 15 is 0 Å². The molecular formula is C12H15NO3. The quantitative estimate of drug-likeness (QED) is 0.848. The second-order valence-corrected chi connectivity index (χ2v) is 4.33. The number of carboxylic acid groups (broad SMARTS) is 1. The van der Waals surface area contributed by atoms with Crippen LogP contribution in [0, 0.1) is 0 Å². The van der Waals surface area contributed by atoms with E-state index in [0.29, 0.717) is 23.1 Å². The molecule has 86 valence electrons. The van der Waals surface area contributed by atoms with E-state index in [0.717, 1.165) is 12.8 Å². The zero-order chi connectivity index (χ0) is 11.7. The Labute approximate surface area is 94.3 Å². The van der Waals surface area contributed by atoms with Crippen LogP contribution in [0.4, 0.5) is 0 Å². The van der Waals surface area contributed by atoms with Gasteiger partial charge in [-0.2, -0.15) is 0 Å². The van der Waals surface area contributed by atoms with Crippen LogP contribution in [0.15, 0.2) is 12.1 Å². The average Bonchev–Trinajstić information content (AvgIpc) is 2.99. The van der Waals surface area contributed by atoms with E-state index in [1.165, 1.54) is 0 Å². The van der Waals surface area contributed by atoms with Crippen molar-refractivity contribution >= 4 is 5.97 Å². The van der Waals surface area contributed by atoms with Crippen molar-refractivity contribution in [2.45, 2.75) is 38.7 Å². The number of aromatic nitrogens is 1. The molecule has 4 heteroatoms. The van der Waals surface area contributed by atoms with Crippen LogP contribution >= 0.6 is 0 Å². The van der Waals surface area contributed by atoms with Crippen LogP contribution in [0.1, 0.15) is 48.7 Å². The molecule has 1 fully saturated rings. The van der Waals surface area contributed by atoms with Crippen LogP contribution in [0.5, 0.6) is 5.88 Å². The molecule has 1 heterocycles. The average molecular weight is 221 g/mol. The second-order valence-electron chi connectivity index (χ2n) is 4.33. The van der Waals surface area contributed by atoms with Crippen LogP contribution in [0.2, 0.25) is 0 Å². The fraction of sp³-hybridized carbons (Fsp3) is 0.500. The summed E-state index contributed by atoms with van der Waals surface area (Å²) in [6.07, 6.45) is 2.10. The first kappa shape index (κ1) is 10.9. The third-order valence-electron chi connectivity index (χ3n) is 2.45. The minimum absolute atomic E-state index is 0.0511. The van der Waals surface area contributed by atoms with Gasteiger partial charge in [-0.3, -0.25) is 0 Å². The van der Waals surface area contributed by atoms with Crippen molar-refractivity contribution in [2.75, 3.05) is 0 Å². The minimum Gasteiger partial charge on any atom is -0.478 e. The summed E-state index contributed by atoms with van der Waals surface area (Å²) in [7, 11) is 0. The highest BCUT2D eigenvalue weighted by molar-refractivity contribution is 5.89. The molecule has 4 nitrogen and oxygen atoms in total. The maximum Gasteiger partial charge on any atom is 0.337 e. The van der Waals surface area contributed by atoms with Crippen molar-refractivity contribution in [1.82, 2.24) is 4.98 Å². The molecule has 0 spiro atoms. The summed E-state index contributed by atoms with van der Waals surface area (Å²) < 4.78 is 5.46. The molecular weight excluding hydrogens is 206 g/mol. The summed E-state index contributed by atoms with van der Waals surface area (Å²) in [5.74, 6) is -0.0887. The molecule has 0 aliphatic heterocycles. The lowest BCUT2D eigenvalue weighted by atomic mass is 10.1. The molecule has 0 saturated heterocycles. The first-order valence-corrected chi connectivity index (χ1v) is 5.49. The molecule has 1 aromatic rings. The molecule has 2 rings (SSSR count). The molecule has 1 N–H and O–H groups in total. The van der Waals surface area contributed by atoms with Gasteiger partial charge in [0.15, 0.2) is 0 Å². The number of ether oxygens (including phenoxy) is 1. The number of pyridine rings is 1. The van der Waals surface area contributed by atoms with E-state index in [2.05, 4.69) is 4.98 Å². The molecule has 1 aromatic heterocycles. The molecule has 0 atom stereocenters. The van der Waals surface area contributed by atoms with Crippen LogP contribution in [0.25, 0.3) is 0 Å². The predicted octanol–water partition coefficient (Wildman–Crippen LogP) is 2.44. The molecule has 0 amide bonds. The van der Waals surface area contributed by atoms with Crippen molar-refractivity contribution in [2.24, 2.45) is 0 Å². The normalized spacial score (nSPS) is 15.2. The largest absolute Gasteiger partial charge is 0.478 e. The van der Waals surface area contributed by atoms with Crippen molar-refractivity contribution in [3.05, 3.63) is 23.4 Å². The Morgan fingerprint density at radius 2 is 2.19 bits per heavy atom. The van der Waals surface area contributed by atoms with Gasteiger partial charge in [0.2, 0.25) is 5.88 Å². The van der Waals surface area contributed by atoms with Crippen molar-refractivity contribution in [3.63, 3.8) is 0 Å². The van der Waals surface area contributed by atoms with Gasteiger partial charge in [-0.15, -0.1) is 0 Å². The van der Waals surface area contributed by atoms with E-state index in [1.54, 1.807) is 12.1 Å². The minimum atomic E-state index is -0.912. The van der Waals surface area contributed by atoms with Crippen molar-refractivity contribution in [1.29, 1.82) is 0 Å². The third-order valence-corrected chi connectivity index (χ3v) is 2.45. The summed E-state index contributed by atoms with van der Waals surface area (Å²) in [4.78, 5) is 15.3. The highest BCUT2D eigenvalue weighted by Crippen LogP contribution is 2.41. The Kier molecular flexibility index (Phi) is 2.81. The Bertz CT molecular complexity index is 411.